The minimum absolute atomic E-state index is 0.0311. The second kappa shape index (κ2) is 16.2. The van der Waals surface area contributed by atoms with E-state index in [9.17, 15) is 28.8 Å². The number of nitrogens with one attached hydrogen (secondary N) is 3. The van der Waals surface area contributed by atoms with Crippen molar-refractivity contribution < 1.29 is 42.3 Å². The minimum Gasteiger partial charge on any atom is -0.495 e. The summed E-state index contributed by atoms with van der Waals surface area (Å²) in [5.74, 6) is -6.14. The molecule has 1 aromatic heterocycles. The van der Waals surface area contributed by atoms with Gasteiger partial charge in [-0.1, -0.05) is 18.9 Å². The number of likely N-dealkylation sites (tertiary alicyclic amines) is 1. The summed E-state index contributed by atoms with van der Waals surface area (Å²) in [7, 11) is 2.78. The zero-order valence-electron chi connectivity index (χ0n) is 34.5. The molecule has 3 N–H and O–H groups in total. The summed E-state index contributed by atoms with van der Waals surface area (Å²) in [5, 5.41) is 8.51. The number of carbonyl (C=O) groups is 6. The number of rotatable bonds is 10. The summed E-state index contributed by atoms with van der Waals surface area (Å²) in [4.78, 5) is 94.1. The van der Waals surface area contributed by atoms with E-state index in [4.69, 9.17) is 4.74 Å². The van der Waals surface area contributed by atoms with E-state index in [1.54, 1.807) is 35.2 Å². The lowest BCUT2D eigenvalue weighted by atomic mass is 9.94. The lowest BCUT2D eigenvalue weighted by molar-refractivity contribution is -0.140. The molecule has 1 saturated carbocycles. The molecule has 0 spiro atoms. The van der Waals surface area contributed by atoms with Crippen molar-refractivity contribution in [3.8, 4) is 5.75 Å². The van der Waals surface area contributed by atoms with Gasteiger partial charge in [-0.05, 0) is 62.4 Å². The second-order valence-corrected chi connectivity index (χ2v) is 17.0. The van der Waals surface area contributed by atoms with Crippen molar-refractivity contribution in [1.29, 1.82) is 0 Å². The zero-order chi connectivity index (χ0) is 43.4. The lowest BCUT2D eigenvalue weighted by Crippen LogP contribution is -2.55. The molecule has 3 aromatic rings. The Morgan fingerprint density at radius 2 is 1.73 bits per heavy atom. The molecule has 6 heterocycles. The smallest absolute Gasteiger partial charge is 0.342 e. The van der Waals surface area contributed by atoms with Crippen molar-refractivity contribution in [2.75, 3.05) is 73.4 Å². The fraction of sp³-hybridized carbons (Fsp3) is 0.488. The van der Waals surface area contributed by atoms with Crippen molar-refractivity contribution >= 4 is 64.3 Å². The highest BCUT2D eigenvalue weighted by Crippen LogP contribution is 2.41. The molecule has 0 radical (unpaired) electrons. The van der Waals surface area contributed by atoms with E-state index >= 15 is 8.78 Å². The number of hydrogen-bond donors (Lipinski definition) is 3. The largest absolute Gasteiger partial charge is 0.495 e. The van der Waals surface area contributed by atoms with Gasteiger partial charge in [0.25, 0.3) is 23.6 Å². The highest BCUT2D eigenvalue weighted by Gasteiger charge is 2.49. The highest BCUT2D eigenvalue weighted by molar-refractivity contribution is 6.25. The predicted molar refractivity (Wildman–Crippen MR) is 222 cm³/mol. The molecular weight excluding hydrogens is 807 g/mol. The van der Waals surface area contributed by atoms with Gasteiger partial charge >= 0.3 is 5.92 Å². The fourth-order valence-electron chi connectivity index (χ4n) is 9.70. The molecule has 1 aliphatic carbocycles. The number of benzene rings is 2. The van der Waals surface area contributed by atoms with Gasteiger partial charge in [0.15, 0.2) is 5.82 Å². The second-order valence-electron chi connectivity index (χ2n) is 17.0. The molecule has 5 aliphatic heterocycles. The summed E-state index contributed by atoms with van der Waals surface area (Å²) in [5.41, 5.74) is 2.31. The molecule has 6 aliphatic rings. The summed E-state index contributed by atoms with van der Waals surface area (Å²) in [6.07, 6.45) is 6.32. The van der Waals surface area contributed by atoms with E-state index in [1.165, 1.54) is 20.4 Å². The Kier molecular flexibility index (Phi) is 10.8. The lowest BCUT2D eigenvalue weighted by Gasteiger charge is -2.45. The van der Waals surface area contributed by atoms with Crippen LogP contribution in [-0.2, 0) is 14.4 Å². The number of anilines is 5. The first-order valence-corrected chi connectivity index (χ1v) is 21.2. The Morgan fingerprint density at radius 3 is 2.45 bits per heavy atom. The van der Waals surface area contributed by atoms with Crippen LogP contribution in [0.5, 0.6) is 5.75 Å². The van der Waals surface area contributed by atoms with Crippen molar-refractivity contribution in [1.82, 2.24) is 30.4 Å². The molecule has 62 heavy (non-hydrogen) atoms. The number of halogens is 2. The first-order chi connectivity index (χ1) is 29.8. The number of methoxy groups -OCH3 is 1. The van der Waals surface area contributed by atoms with Gasteiger partial charge in [0.1, 0.15) is 17.5 Å². The van der Waals surface area contributed by atoms with E-state index in [0.717, 1.165) is 68.0 Å². The van der Waals surface area contributed by atoms with E-state index in [2.05, 4.69) is 35.7 Å². The maximum atomic E-state index is 15.0. The van der Waals surface area contributed by atoms with Crippen LogP contribution in [0, 0.1) is 5.92 Å². The number of imide groups is 2. The monoisotopic (exact) mass is 854 g/mol. The maximum Gasteiger partial charge on any atom is 0.342 e. The van der Waals surface area contributed by atoms with E-state index in [-0.39, 0.29) is 53.8 Å². The molecule has 1 unspecified atom stereocenters. The van der Waals surface area contributed by atoms with Gasteiger partial charge in [0.2, 0.25) is 17.8 Å². The van der Waals surface area contributed by atoms with Gasteiger partial charge in [-0.25, -0.2) is 4.98 Å². The van der Waals surface area contributed by atoms with Crippen LogP contribution in [-0.4, -0.2) is 133 Å². The van der Waals surface area contributed by atoms with Crippen molar-refractivity contribution in [2.45, 2.75) is 75.4 Å². The first-order valence-electron chi connectivity index (χ1n) is 21.2. The van der Waals surface area contributed by atoms with Gasteiger partial charge in [-0.2, -0.15) is 13.8 Å². The number of hydrogen-bond acceptors (Lipinski definition) is 13. The summed E-state index contributed by atoms with van der Waals surface area (Å²) in [6.45, 7) is 3.08. The summed E-state index contributed by atoms with van der Waals surface area (Å²) < 4.78 is 35.7. The normalized spacial score (nSPS) is 22.3. The van der Waals surface area contributed by atoms with Crippen molar-refractivity contribution in [3.05, 3.63) is 59.3 Å². The first kappa shape index (κ1) is 41.1. The van der Waals surface area contributed by atoms with Crippen LogP contribution in [0.4, 0.5) is 37.6 Å². The number of fused-ring (bicyclic) bond motifs is 2. The minimum atomic E-state index is -3.59. The number of ether oxygens (including phenoxy) is 1. The molecular formula is C43H48F2N10O7. The Balaban J connectivity index is 0.779. The Morgan fingerprint density at radius 1 is 0.968 bits per heavy atom. The zero-order valence-corrected chi connectivity index (χ0v) is 34.5. The number of nitrogens with zero attached hydrogens (tertiary/aromatic N) is 7. The molecule has 17 nitrogen and oxygen atoms in total. The van der Waals surface area contributed by atoms with Gasteiger partial charge < -0.3 is 35.0 Å². The van der Waals surface area contributed by atoms with Crippen LogP contribution >= 0.6 is 0 Å². The summed E-state index contributed by atoms with van der Waals surface area (Å²) in [6, 6.07) is 8.92. The number of alkyl halides is 2. The number of amides is 6. The van der Waals surface area contributed by atoms with E-state index < -0.39 is 48.0 Å². The number of aromatic nitrogens is 2. The van der Waals surface area contributed by atoms with Crippen molar-refractivity contribution in [2.24, 2.45) is 5.92 Å². The van der Waals surface area contributed by atoms with Gasteiger partial charge in [-0.15, -0.1) is 0 Å². The molecule has 0 bridgehead atoms. The molecule has 9 rings (SSSR count). The average molecular weight is 855 g/mol. The van der Waals surface area contributed by atoms with Gasteiger partial charge in [-0.3, -0.25) is 39.0 Å². The number of carbonyl (C=O) groups excluding carboxylic acids is 6. The van der Waals surface area contributed by atoms with E-state index in [1.807, 2.05) is 6.07 Å². The molecule has 326 valence electrons. The van der Waals surface area contributed by atoms with E-state index in [0.29, 0.717) is 47.3 Å². The molecule has 4 fully saturated rings. The number of piperidine rings is 2. The standard InChI is InChI=1S/C43H48F2N10O7/c1-51-32-19-46-42(50-36(32)54(27-6-3-4-7-27)23-43(44,45)41(51)61)48-29-11-10-25(18-33(29)62-2)37(57)47-26-14-16-52(17-15-26)20-24-21-53(22-24)30-9-5-8-28-35(30)40(60)55(39(28)59)31-12-13-34(56)49-38(31)58/h5,8-11,18-19,24,26-27,31H,3-4,6-7,12-17,20-23H2,1-2H3,(H,47,57)(H,46,48,50)(H,49,56,58). The maximum absolute atomic E-state index is 15.0. The molecule has 19 heteroatoms. The molecule has 6 amide bonds. The fourth-order valence-corrected chi connectivity index (χ4v) is 9.70. The topological polar surface area (TPSA) is 190 Å². The quantitative estimate of drug-likeness (QED) is 0.252. The van der Waals surface area contributed by atoms with Gasteiger partial charge in [0, 0.05) is 69.8 Å². The third kappa shape index (κ3) is 7.55. The van der Waals surface area contributed by atoms with Crippen LogP contribution in [0.2, 0.25) is 0 Å². The Hall–Kier alpha value is -6.24. The van der Waals surface area contributed by atoms with Crippen molar-refractivity contribution in [3.63, 3.8) is 0 Å². The Bertz CT molecular complexity index is 2340. The molecule has 1 atom stereocenters. The molecule has 3 saturated heterocycles. The SMILES string of the molecule is COc1cc(C(=O)NC2CCN(CC3CN(c4cccc5c4C(=O)N(C4CCC(=O)NC4=O)C5=O)C3)CC2)ccc1Nc1ncc2c(n1)N(C1CCCC1)CC(F)(F)C(=O)N2C. The molecule has 2 aromatic carbocycles. The third-order valence-electron chi connectivity index (χ3n) is 13.0. The highest BCUT2D eigenvalue weighted by atomic mass is 19.3. The Labute approximate surface area is 356 Å². The van der Waals surface area contributed by atoms with Crippen LogP contribution < -0.4 is 35.4 Å². The average Bonchev–Trinajstić information content (AvgIpc) is 3.86. The third-order valence-corrected chi connectivity index (χ3v) is 13.0. The van der Waals surface area contributed by atoms with Crippen LogP contribution in [0.15, 0.2) is 42.6 Å². The van der Waals surface area contributed by atoms with Gasteiger partial charge in [0.05, 0.1) is 42.4 Å². The van der Waals surface area contributed by atoms with Crippen LogP contribution in [0.3, 0.4) is 0 Å². The predicted octanol–water partition coefficient (Wildman–Crippen LogP) is 3.32. The summed E-state index contributed by atoms with van der Waals surface area (Å²) >= 11 is 0. The van der Waals surface area contributed by atoms with Crippen LogP contribution in [0.25, 0.3) is 0 Å². The van der Waals surface area contributed by atoms with Crippen LogP contribution in [0.1, 0.15) is 82.4 Å².